The van der Waals surface area contributed by atoms with E-state index in [0.29, 0.717) is 37.4 Å². The number of carbonyl (C=O) groups excluding carboxylic acids is 3. The number of benzene rings is 2. The standard InChI is InChI=1S/C23H27FN4O3/c1-26(2)23(31)18-4-3-5-20(15-18)25-21(29)16-27-10-12-28(13-11-27)22(30)14-17-6-8-19(24)9-7-17/h3-9,15H,10-14,16H2,1-2H3,(H,25,29). The van der Waals surface area contributed by atoms with Crippen molar-refractivity contribution in [2.45, 2.75) is 6.42 Å². The highest BCUT2D eigenvalue weighted by atomic mass is 19.1. The van der Waals surface area contributed by atoms with E-state index < -0.39 is 0 Å². The third kappa shape index (κ3) is 6.36. The van der Waals surface area contributed by atoms with E-state index >= 15 is 0 Å². The van der Waals surface area contributed by atoms with Gasteiger partial charge in [-0.2, -0.15) is 0 Å². The highest BCUT2D eigenvalue weighted by molar-refractivity contribution is 5.97. The van der Waals surface area contributed by atoms with Gasteiger partial charge in [-0.3, -0.25) is 19.3 Å². The van der Waals surface area contributed by atoms with Crippen LogP contribution in [0.25, 0.3) is 0 Å². The van der Waals surface area contributed by atoms with E-state index in [2.05, 4.69) is 5.32 Å². The zero-order chi connectivity index (χ0) is 22.4. The average molecular weight is 426 g/mol. The van der Waals surface area contributed by atoms with Crippen LogP contribution in [0, 0.1) is 5.82 Å². The van der Waals surface area contributed by atoms with Gasteiger partial charge < -0.3 is 15.1 Å². The number of rotatable bonds is 6. The first-order valence-electron chi connectivity index (χ1n) is 10.2. The Bertz CT molecular complexity index is 938. The second-order valence-electron chi connectivity index (χ2n) is 7.79. The quantitative estimate of drug-likeness (QED) is 0.765. The number of anilines is 1. The first kappa shape index (κ1) is 22.4. The van der Waals surface area contributed by atoms with E-state index in [1.54, 1.807) is 55.4 Å². The lowest BCUT2D eigenvalue weighted by Gasteiger charge is -2.34. The molecule has 0 atom stereocenters. The average Bonchev–Trinajstić information content (AvgIpc) is 2.75. The molecule has 3 rings (SSSR count). The molecule has 2 aromatic carbocycles. The summed E-state index contributed by atoms with van der Waals surface area (Å²) in [6.07, 6.45) is 0.239. The molecular formula is C23H27FN4O3. The Morgan fingerprint density at radius 3 is 2.32 bits per heavy atom. The topological polar surface area (TPSA) is 73.0 Å². The molecule has 2 aromatic rings. The Hall–Kier alpha value is -3.26. The van der Waals surface area contributed by atoms with E-state index in [-0.39, 0.29) is 36.5 Å². The van der Waals surface area contributed by atoms with Crippen molar-refractivity contribution in [1.29, 1.82) is 0 Å². The molecule has 0 aliphatic carbocycles. The van der Waals surface area contributed by atoms with Crippen LogP contribution in [0.1, 0.15) is 15.9 Å². The molecule has 1 aliphatic rings. The van der Waals surface area contributed by atoms with Crippen molar-refractivity contribution >= 4 is 23.4 Å². The lowest BCUT2D eigenvalue weighted by molar-refractivity contribution is -0.132. The van der Waals surface area contributed by atoms with Crippen LogP contribution in [0.15, 0.2) is 48.5 Å². The van der Waals surface area contributed by atoms with Crippen LogP contribution in [0.5, 0.6) is 0 Å². The number of hydrogen-bond donors (Lipinski definition) is 1. The number of carbonyl (C=O) groups is 3. The third-order valence-corrected chi connectivity index (χ3v) is 5.16. The van der Waals surface area contributed by atoms with Gasteiger partial charge in [-0.1, -0.05) is 18.2 Å². The summed E-state index contributed by atoms with van der Waals surface area (Å²) in [5.41, 5.74) is 1.87. The van der Waals surface area contributed by atoms with Gasteiger partial charge in [0.05, 0.1) is 13.0 Å². The van der Waals surface area contributed by atoms with Crippen LogP contribution in [0.2, 0.25) is 0 Å². The number of nitrogens with zero attached hydrogens (tertiary/aromatic N) is 3. The van der Waals surface area contributed by atoms with Gasteiger partial charge in [0.25, 0.3) is 5.91 Å². The summed E-state index contributed by atoms with van der Waals surface area (Å²) in [7, 11) is 3.36. The van der Waals surface area contributed by atoms with E-state index in [1.807, 2.05) is 4.90 Å². The molecule has 0 unspecified atom stereocenters. The monoisotopic (exact) mass is 426 g/mol. The van der Waals surface area contributed by atoms with E-state index in [0.717, 1.165) is 5.56 Å². The smallest absolute Gasteiger partial charge is 0.253 e. The molecule has 1 heterocycles. The second-order valence-corrected chi connectivity index (χ2v) is 7.79. The molecule has 0 radical (unpaired) electrons. The van der Waals surface area contributed by atoms with Crippen LogP contribution in [-0.4, -0.2) is 79.2 Å². The highest BCUT2D eigenvalue weighted by Gasteiger charge is 2.22. The normalized spacial score (nSPS) is 14.2. The molecule has 3 amide bonds. The van der Waals surface area contributed by atoms with E-state index in [4.69, 9.17) is 0 Å². The van der Waals surface area contributed by atoms with Crippen molar-refractivity contribution in [1.82, 2.24) is 14.7 Å². The molecule has 0 saturated carbocycles. The molecular weight excluding hydrogens is 399 g/mol. The second kappa shape index (κ2) is 10.2. The van der Waals surface area contributed by atoms with Crippen LogP contribution >= 0.6 is 0 Å². The molecule has 0 spiro atoms. The molecule has 1 aliphatic heterocycles. The number of amides is 3. The zero-order valence-corrected chi connectivity index (χ0v) is 17.8. The molecule has 1 fully saturated rings. The third-order valence-electron chi connectivity index (χ3n) is 5.16. The van der Waals surface area contributed by atoms with Crippen molar-refractivity contribution in [3.63, 3.8) is 0 Å². The van der Waals surface area contributed by atoms with Crippen molar-refractivity contribution in [2.75, 3.05) is 52.1 Å². The highest BCUT2D eigenvalue weighted by Crippen LogP contribution is 2.13. The summed E-state index contributed by atoms with van der Waals surface area (Å²) in [4.78, 5) is 42.2. The maximum atomic E-state index is 13.0. The predicted octanol–water partition coefficient (Wildman–Crippen LogP) is 1.85. The summed E-state index contributed by atoms with van der Waals surface area (Å²) in [5, 5.41) is 2.83. The first-order valence-corrected chi connectivity index (χ1v) is 10.2. The Morgan fingerprint density at radius 2 is 1.68 bits per heavy atom. The minimum atomic E-state index is -0.320. The molecule has 31 heavy (non-hydrogen) atoms. The first-order chi connectivity index (χ1) is 14.8. The fraction of sp³-hybridized carbons (Fsp3) is 0.348. The Labute approximate surface area is 181 Å². The number of nitrogens with one attached hydrogen (secondary N) is 1. The van der Waals surface area contributed by atoms with E-state index in [9.17, 15) is 18.8 Å². The van der Waals surface area contributed by atoms with Gasteiger partial charge in [-0.25, -0.2) is 4.39 Å². The fourth-order valence-electron chi connectivity index (χ4n) is 3.44. The molecule has 7 nitrogen and oxygen atoms in total. The SMILES string of the molecule is CN(C)C(=O)c1cccc(NC(=O)CN2CCN(C(=O)Cc3ccc(F)cc3)CC2)c1. The molecule has 0 bridgehead atoms. The van der Waals surface area contributed by atoms with Crippen LogP contribution < -0.4 is 5.32 Å². The molecule has 0 aromatic heterocycles. The predicted molar refractivity (Wildman–Crippen MR) is 116 cm³/mol. The van der Waals surface area contributed by atoms with Gasteiger partial charge in [0.2, 0.25) is 11.8 Å². The zero-order valence-electron chi connectivity index (χ0n) is 17.8. The fourth-order valence-corrected chi connectivity index (χ4v) is 3.44. The number of hydrogen-bond acceptors (Lipinski definition) is 4. The van der Waals surface area contributed by atoms with Crippen molar-refractivity contribution in [3.05, 3.63) is 65.5 Å². The van der Waals surface area contributed by atoms with Crippen molar-refractivity contribution in [3.8, 4) is 0 Å². The van der Waals surface area contributed by atoms with Gasteiger partial charge in [0, 0.05) is 51.5 Å². The largest absolute Gasteiger partial charge is 0.345 e. The lowest BCUT2D eigenvalue weighted by Crippen LogP contribution is -2.50. The molecule has 1 N–H and O–H groups in total. The van der Waals surface area contributed by atoms with E-state index in [1.165, 1.54) is 17.0 Å². The summed E-state index contributed by atoms with van der Waals surface area (Å²) in [6, 6.07) is 12.8. The van der Waals surface area contributed by atoms with Crippen LogP contribution in [0.4, 0.5) is 10.1 Å². The molecule has 164 valence electrons. The maximum absolute atomic E-state index is 13.0. The minimum absolute atomic E-state index is 0.00177. The lowest BCUT2D eigenvalue weighted by atomic mass is 10.1. The Kier molecular flexibility index (Phi) is 7.36. The van der Waals surface area contributed by atoms with Crippen molar-refractivity contribution in [2.24, 2.45) is 0 Å². The molecule has 8 heteroatoms. The van der Waals surface area contributed by atoms with Gasteiger partial charge in [-0.15, -0.1) is 0 Å². The minimum Gasteiger partial charge on any atom is -0.345 e. The van der Waals surface area contributed by atoms with Crippen LogP contribution in [-0.2, 0) is 16.0 Å². The summed E-state index contributed by atoms with van der Waals surface area (Å²) >= 11 is 0. The Balaban J connectivity index is 1.45. The Morgan fingerprint density at radius 1 is 1.00 bits per heavy atom. The summed E-state index contributed by atoms with van der Waals surface area (Å²) in [6.45, 7) is 2.50. The number of halogens is 1. The van der Waals surface area contributed by atoms with Crippen molar-refractivity contribution < 1.29 is 18.8 Å². The van der Waals surface area contributed by atoms with Gasteiger partial charge in [-0.05, 0) is 35.9 Å². The summed E-state index contributed by atoms with van der Waals surface area (Å²) in [5.74, 6) is -0.615. The summed E-state index contributed by atoms with van der Waals surface area (Å²) < 4.78 is 13.0. The van der Waals surface area contributed by atoms with Gasteiger partial charge in [0.15, 0.2) is 0 Å². The van der Waals surface area contributed by atoms with Crippen LogP contribution in [0.3, 0.4) is 0 Å². The molecule has 1 saturated heterocycles. The van der Waals surface area contributed by atoms with Gasteiger partial charge in [0.1, 0.15) is 5.82 Å². The maximum Gasteiger partial charge on any atom is 0.253 e. The number of piperazine rings is 1. The van der Waals surface area contributed by atoms with Gasteiger partial charge >= 0.3 is 0 Å².